The van der Waals surface area contributed by atoms with Crippen LogP contribution in [-0.2, 0) is 11.3 Å². The van der Waals surface area contributed by atoms with Gasteiger partial charge in [0.2, 0.25) is 0 Å². The fourth-order valence-electron chi connectivity index (χ4n) is 2.49. The first-order valence-electron chi connectivity index (χ1n) is 6.45. The quantitative estimate of drug-likeness (QED) is 0.886. The summed E-state index contributed by atoms with van der Waals surface area (Å²) in [5.41, 5.74) is 0.941. The predicted octanol–water partition coefficient (Wildman–Crippen LogP) is 1.81. The number of hydrogen-bond acceptors (Lipinski definition) is 4. The van der Waals surface area contributed by atoms with Crippen molar-refractivity contribution < 1.29 is 14.9 Å². The summed E-state index contributed by atoms with van der Waals surface area (Å²) in [6, 6.07) is 5.42. The maximum Gasteiger partial charge on any atom is 0.0865 e. The zero-order valence-corrected chi connectivity index (χ0v) is 11.9. The van der Waals surface area contributed by atoms with Gasteiger partial charge in [-0.05, 0) is 18.2 Å². The van der Waals surface area contributed by atoms with Crippen LogP contribution in [0, 0.1) is 0 Å². The number of ether oxygens (including phenoxy) is 1. The van der Waals surface area contributed by atoms with Gasteiger partial charge in [-0.25, -0.2) is 0 Å². The summed E-state index contributed by atoms with van der Waals surface area (Å²) >= 11 is 5.92. The van der Waals surface area contributed by atoms with Gasteiger partial charge in [-0.1, -0.05) is 11.6 Å². The summed E-state index contributed by atoms with van der Waals surface area (Å²) in [6.07, 6.45) is 1.28. The van der Waals surface area contributed by atoms with Gasteiger partial charge < -0.3 is 19.8 Å². The van der Waals surface area contributed by atoms with Crippen molar-refractivity contribution in [3.05, 3.63) is 28.8 Å². The van der Waals surface area contributed by atoms with Gasteiger partial charge in [0.05, 0.1) is 12.2 Å². The molecule has 0 aliphatic carbocycles. The number of nitrogens with zero attached hydrogens (tertiary/aromatic N) is 1. The topological polar surface area (TPSA) is 52.9 Å². The van der Waals surface area contributed by atoms with Crippen LogP contribution in [-0.4, -0.2) is 42.6 Å². The Kier molecular flexibility index (Phi) is 4.68. The second-order valence-corrected chi connectivity index (χ2v) is 5.56. The van der Waals surface area contributed by atoms with Crippen molar-refractivity contribution in [2.45, 2.75) is 25.0 Å². The van der Waals surface area contributed by atoms with E-state index in [1.165, 1.54) is 0 Å². The van der Waals surface area contributed by atoms with Gasteiger partial charge in [-0.15, -0.1) is 0 Å². The van der Waals surface area contributed by atoms with E-state index < -0.39 is 5.60 Å². The van der Waals surface area contributed by atoms with Gasteiger partial charge in [-0.2, -0.15) is 0 Å². The SMILES string of the molecule is CN(CC1(O)CCOCC1)c1ccc(Cl)cc1CO. The Balaban J connectivity index is 2.12. The highest BCUT2D eigenvalue weighted by molar-refractivity contribution is 6.30. The molecule has 1 aromatic carbocycles. The molecule has 1 aliphatic heterocycles. The van der Waals surface area contributed by atoms with E-state index in [9.17, 15) is 10.2 Å². The van der Waals surface area contributed by atoms with Crippen molar-refractivity contribution >= 4 is 17.3 Å². The molecule has 2 rings (SSSR count). The molecule has 0 amide bonds. The maximum absolute atomic E-state index is 10.5. The van der Waals surface area contributed by atoms with E-state index in [4.69, 9.17) is 16.3 Å². The minimum absolute atomic E-state index is 0.0677. The first kappa shape index (κ1) is 14.6. The minimum Gasteiger partial charge on any atom is -0.392 e. The second-order valence-electron chi connectivity index (χ2n) is 5.12. The average molecular weight is 286 g/mol. The van der Waals surface area contributed by atoms with Gasteiger partial charge in [-0.3, -0.25) is 0 Å². The van der Waals surface area contributed by atoms with Crippen molar-refractivity contribution in [1.82, 2.24) is 0 Å². The number of likely N-dealkylation sites (N-methyl/N-ethyl adjacent to an activating group) is 1. The van der Waals surface area contributed by atoms with E-state index in [0.717, 1.165) is 11.3 Å². The van der Waals surface area contributed by atoms with Crippen LogP contribution in [0.25, 0.3) is 0 Å². The lowest BCUT2D eigenvalue weighted by Gasteiger charge is -2.36. The molecule has 4 nitrogen and oxygen atoms in total. The van der Waals surface area contributed by atoms with Crippen LogP contribution in [0.1, 0.15) is 18.4 Å². The summed E-state index contributed by atoms with van der Waals surface area (Å²) in [5.74, 6) is 0. The van der Waals surface area contributed by atoms with Crippen molar-refractivity contribution in [1.29, 1.82) is 0 Å². The first-order valence-corrected chi connectivity index (χ1v) is 6.82. The van der Waals surface area contributed by atoms with Gasteiger partial charge in [0.1, 0.15) is 0 Å². The zero-order valence-electron chi connectivity index (χ0n) is 11.1. The molecule has 0 atom stereocenters. The lowest BCUT2D eigenvalue weighted by molar-refractivity contribution is -0.0572. The first-order chi connectivity index (χ1) is 9.04. The normalized spacial score (nSPS) is 18.3. The lowest BCUT2D eigenvalue weighted by atomic mass is 9.93. The summed E-state index contributed by atoms with van der Waals surface area (Å²) in [5, 5.41) is 20.5. The number of hydrogen-bond donors (Lipinski definition) is 2. The van der Waals surface area contributed by atoms with Crippen LogP contribution in [0.2, 0.25) is 5.02 Å². The predicted molar refractivity (Wildman–Crippen MR) is 75.6 cm³/mol. The highest BCUT2D eigenvalue weighted by atomic mass is 35.5. The van der Waals surface area contributed by atoms with Crippen LogP contribution in [0.4, 0.5) is 5.69 Å². The van der Waals surface area contributed by atoms with Gasteiger partial charge in [0.15, 0.2) is 0 Å². The number of halogens is 1. The fraction of sp³-hybridized carbons (Fsp3) is 0.571. The second kappa shape index (κ2) is 6.09. The van der Waals surface area contributed by atoms with E-state index in [2.05, 4.69) is 0 Å². The standard InChI is InChI=1S/C14H20ClNO3/c1-16(10-14(18)4-6-19-7-5-14)13-3-2-12(15)8-11(13)9-17/h2-3,8,17-18H,4-7,9-10H2,1H3. The Morgan fingerprint density at radius 2 is 2.05 bits per heavy atom. The van der Waals surface area contributed by atoms with Crippen molar-refractivity contribution in [2.75, 3.05) is 31.7 Å². The van der Waals surface area contributed by atoms with Gasteiger partial charge >= 0.3 is 0 Å². The van der Waals surface area contributed by atoms with Gasteiger partial charge in [0, 0.05) is 55.9 Å². The molecule has 1 aromatic rings. The van der Waals surface area contributed by atoms with Crippen LogP contribution in [0.3, 0.4) is 0 Å². The molecule has 1 saturated heterocycles. The van der Waals surface area contributed by atoms with E-state index in [0.29, 0.717) is 37.6 Å². The third-order valence-corrected chi connectivity index (χ3v) is 3.81. The van der Waals surface area contributed by atoms with E-state index in [1.54, 1.807) is 12.1 Å². The van der Waals surface area contributed by atoms with Crippen molar-refractivity contribution in [3.63, 3.8) is 0 Å². The molecule has 0 saturated carbocycles. The molecule has 0 spiro atoms. The van der Waals surface area contributed by atoms with E-state index >= 15 is 0 Å². The number of aliphatic hydroxyl groups excluding tert-OH is 1. The Bertz CT molecular complexity index is 433. The van der Waals surface area contributed by atoms with E-state index in [-0.39, 0.29) is 6.61 Å². The summed E-state index contributed by atoms with van der Waals surface area (Å²) in [6.45, 7) is 1.64. The van der Waals surface area contributed by atoms with Crippen LogP contribution in [0.15, 0.2) is 18.2 Å². The Morgan fingerprint density at radius 3 is 2.68 bits per heavy atom. The maximum atomic E-state index is 10.5. The molecular weight excluding hydrogens is 266 g/mol. The molecule has 106 valence electrons. The molecule has 5 heteroatoms. The smallest absolute Gasteiger partial charge is 0.0865 e. The Morgan fingerprint density at radius 1 is 1.37 bits per heavy atom. The minimum atomic E-state index is -0.723. The average Bonchev–Trinajstić information content (AvgIpc) is 2.38. The van der Waals surface area contributed by atoms with Crippen LogP contribution < -0.4 is 4.90 Å². The Hall–Kier alpha value is -0.810. The molecule has 2 N–H and O–H groups in total. The van der Waals surface area contributed by atoms with Crippen molar-refractivity contribution in [2.24, 2.45) is 0 Å². The number of anilines is 1. The highest BCUT2D eigenvalue weighted by Crippen LogP contribution is 2.27. The van der Waals surface area contributed by atoms with Gasteiger partial charge in [0.25, 0.3) is 0 Å². The number of aliphatic hydroxyl groups is 2. The third kappa shape index (κ3) is 3.60. The Labute approximate surface area is 118 Å². The highest BCUT2D eigenvalue weighted by Gasteiger charge is 2.31. The molecule has 1 fully saturated rings. The largest absolute Gasteiger partial charge is 0.392 e. The zero-order chi connectivity index (χ0) is 13.9. The summed E-state index contributed by atoms with van der Waals surface area (Å²) in [4.78, 5) is 1.97. The summed E-state index contributed by atoms with van der Waals surface area (Å²) < 4.78 is 5.28. The molecule has 0 bridgehead atoms. The molecule has 0 aromatic heterocycles. The van der Waals surface area contributed by atoms with Crippen LogP contribution >= 0.6 is 11.6 Å². The molecule has 0 radical (unpaired) electrons. The van der Waals surface area contributed by atoms with Crippen LogP contribution in [0.5, 0.6) is 0 Å². The number of benzene rings is 1. The molecule has 0 unspecified atom stereocenters. The molecule has 19 heavy (non-hydrogen) atoms. The summed E-state index contributed by atoms with van der Waals surface area (Å²) in [7, 11) is 1.91. The monoisotopic (exact) mass is 285 g/mol. The third-order valence-electron chi connectivity index (χ3n) is 3.58. The molecule has 1 aliphatic rings. The van der Waals surface area contributed by atoms with Crippen molar-refractivity contribution in [3.8, 4) is 0 Å². The molecule has 1 heterocycles. The fourth-order valence-corrected chi connectivity index (χ4v) is 2.68. The lowest BCUT2D eigenvalue weighted by Crippen LogP contribution is -2.46. The molecular formula is C14H20ClNO3. The number of rotatable bonds is 4. The van der Waals surface area contributed by atoms with E-state index in [1.807, 2.05) is 18.0 Å².